The summed E-state index contributed by atoms with van der Waals surface area (Å²) in [5.41, 5.74) is -0.262. The van der Waals surface area contributed by atoms with Crippen molar-refractivity contribution >= 4 is 0 Å². The fourth-order valence-corrected chi connectivity index (χ4v) is 1.79. The minimum absolute atomic E-state index is 0.0201. The Morgan fingerprint density at radius 3 is 2.62 bits per heavy atom. The molecule has 0 bridgehead atoms. The number of hydrogen-bond donors (Lipinski definition) is 1. The van der Waals surface area contributed by atoms with Gasteiger partial charge in [-0.05, 0) is 19.3 Å². The summed E-state index contributed by atoms with van der Waals surface area (Å²) in [7, 11) is 0. The van der Waals surface area contributed by atoms with E-state index in [1.807, 2.05) is 0 Å². The Kier molecular flexibility index (Phi) is 5.01. The van der Waals surface area contributed by atoms with Crippen molar-refractivity contribution in [2.24, 2.45) is 5.41 Å². The molecule has 6 heteroatoms. The van der Waals surface area contributed by atoms with Crippen LogP contribution in [0.15, 0.2) is 0 Å². The molecule has 0 aliphatic carbocycles. The zero-order chi connectivity index (χ0) is 12.1. The summed E-state index contributed by atoms with van der Waals surface area (Å²) < 4.78 is 44.9. The van der Waals surface area contributed by atoms with Gasteiger partial charge in [-0.15, -0.1) is 0 Å². The van der Waals surface area contributed by atoms with Gasteiger partial charge in [0.2, 0.25) is 0 Å². The highest BCUT2D eigenvalue weighted by molar-refractivity contribution is 4.82. The van der Waals surface area contributed by atoms with Crippen LogP contribution >= 0.6 is 0 Å². The second-order valence-corrected chi connectivity index (χ2v) is 4.23. The maximum atomic E-state index is 11.7. The second-order valence-electron chi connectivity index (χ2n) is 4.23. The number of halogens is 3. The molecule has 1 fully saturated rings. The lowest BCUT2D eigenvalue weighted by Gasteiger charge is -2.24. The minimum atomic E-state index is -4.26. The fraction of sp³-hybridized carbons (Fsp3) is 1.00. The van der Waals surface area contributed by atoms with Crippen LogP contribution in [0.3, 0.4) is 0 Å². The first kappa shape index (κ1) is 13.7. The van der Waals surface area contributed by atoms with Crippen LogP contribution in [0.25, 0.3) is 0 Å². The standard InChI is InChI=1S/C10H17F3O3/c11-10(12,13)8-15-4-1-2-9(6-14)3-5-16-7-9/h14H,1-8H2. The molecule has 16 heavy (non-hydrogen) atoms. The average Bonchev–Trinajstić information content (AvgIpc) is 2.65. The van der Waals surface area contributed by atoms with E-state index in [1.165, 1.54) is 0 Å². The van der Waals surface area contributed by atoms with Gasteiger partial charge in [-0.1, -0.05) is 0 Å². The van der Waals surface area contributed by atoms with Crippen molar-refractivity contribution in [1.82, 2.24) is 0 Å². The van der Waals surface area contributed by atoms with E-state index in [-0.39, 0.29) is 18.6 Å². The first-order chi connectivity index (χ1) is 7.47. The second kappa shape index (κ2) is 5.84. The van der Waals surface area contributed by atoms with Crippen LogP contribution in [0, 0.1) is 5.41 Å². The van der Waals surface area contributed by atoms with E-state index < -0.39 is 12.8 Å². The summed E-state index contributed by atoms with van der Waals surface area (Å²) in [5.74, 6) is 0. The number of hydrogen-bond acceptors (Lipinski definition) is 3. The molecule has 0 saturated carbocycles. The topological polar surface area (TPSA) is 38.7 Å². The predicted octanol–water partition coefficient (Wildman–Crippen LogP) is 1.74. The maximum absolute atomic E-state index is 11.7. The lowest BCUT2D eigenvalue weighted by molar-refractivity contribution is -0.174. The van der Waals surface area contributed by atoms with Crippen molar-refractivity contribution in [3.05, 3.63) is 0 Å². The molecule has 0 spiro atoms. The Bertz CT molecular complexity index is 200. The van der Waals surface area contributed by atoms with Crippen molar-refractivity contribution in [3.8, 4) is 0 Å². The first-order valence-electron chi connectivity index (χ1n) is 5.31. The molecule has 0 aromatic heterocycles. The molecule has 0 aromatic carbocycles. The van der Waals surface area contributed by atoms with Gasteiger partial charge in [0.1, 0.15) is 6.61 Å². The van der Waals surface area contributed by atoms with Crippen LogP contribution < -0.4 is 0 Å². The maximum Gasteiger partial charge on any atom is 0.411 e. The van der Waals surface area contributed by atoms with E-state index in [2.05, 4.69) is 4.74 Å². The molecule has 0 radical (unpaired) electrons. The number of alkyl halides is 3. The van der Waals surface area contributed by atoms with Gasteiger partial charge >= 0.3 is 6.18 Å². The highest BCUT2D eigenvalue weighted by atomic mass is 19.4. The van der Waals surface area contributed by atoms with Gasteiger partial charge in [-0.2, -0.15) is 13.2 Å². The third kappa shape index (κ3) is 4.67. The highest BCUT2D eigenvalue weighted by Crippen LogP contribution is 2.32. The van der Waals surface area contributed by atoms with Gasteiger partial charge in [-0.3, -0.25) is 0 Å². The third-order valence-electron chi connectivity index (χ3n) is 2.78. The zero-order valence-electron chi connectivity index (χ0n) is 9.05. The van der Waals surface area contributed by atoms with Crippen LogP contribution in [-0.2, 0) is 9.47 Å². The molecular formula is C10H17F3O3. The number of ether oxygens (including phenoxy) is 2. The van der Waals surface area contributed by atoms with E-state index in [9.17, 15) is 18.3 Å². The van der Waals surface area contributed by atoms with E-state index in [0.29, 0.717) is 26.1 Å². The molecule has 1 saturated heterocycles. The van der Waals surface area contributed by atoms with Crippen molar-refractivity contribution in [1.29, 1.82) is 0 Å². The van der Waals surface area contributed by atoms with Crippen LogP contribution in [-0.4, -0.2) is 44.3 Å². The molecule has 1 unspecified atom stereocenters. The summed E-state index contributed by atoms with van der Waals surface area (Å²) in [6.45, 7) is -0.00407. The van der Waals surface area contributed by atoms with Crippen LogP contribution in [0.2, 0.25) is 0 Å². The molecule has 1 heterocycles. The normalized spacial score (nSPS) is 26.2. The highest BCUT2D eigenvalue weighted by Gasteiger charge is 2.33. The van der Waals surface area contributed by atoms with E-state index in [1.54, 1.807) is 0 Å². The van der Waals surface area contributed by atoms with Gasteiger partial charge < -0.3 is 14.6 Å². The third-order valence-corrected chi connectivity index (χ3v) is 2.78. The van der Waals surface area contributed by atoms with E-state index >= 15 is 0 Å². The van der Waals surface area contributed by atoms with Gasteiger partial charge in [-0.25, -0.2) is 0 Å². The summed E-state index contributed by atoms with van der Waals surface area (Å²) in [6.07, 6.45) is -2.34. The Morgan fingerprint density at radius 1 is 1.38 bits per heavy atom. The molecule has 1 N–H and O–H groups in total. The summed E-state index contributed by atoms with van der Waals surface area (Å²) >= 11 is 0. The Labute approximate surface area is 92.5 Å². The van der Waals surface area contributed by atoms with Crippen molar-refractivity contribution in [2.75, 3.05) is 33.0 Å². The molecule has 1 atom stereocenters. The van der Waals surface area contributed by atoms with Gasteiger partial charge in [0.15, 0.2) is 0 Å². The van der Waals surface area contributed by atoms with Crippen molar-refractivity contribution in [2.45, 2.75) is 25.4 Å². The van der Waals surface area contributed by atoms with E-state index in [4.69, 9.17) is 4.74 Å². The monoisotopic (exact) mass is 242 g/mol. The summed E-state index contributed by atoms with van der Waals surface area (Å²) in [6, 6.07) is 0. The van der Waals surface area contributed by atoms with Gasteiger partial charge in [0.25, 0.3) is 0 Å². The molecule has 1 aliphatic rings. The Hall–Kier alpha value is -0.330. The Morgan fingerprint density at radius 2 is 2.12 bits per heavy atom. The fourth-order valence-electron chi connectivity index (χ4n) is 1.79. The molecule has 0 amide bonds. The molecule has 1 rings (SSSR count). The number of aliphatic hydroxyl groups excluding tert-OH is 1. The lowest BCUT2D eigenvalue weighted by Crippen LogP contribution is -2.26. The number of aliphatic hydroxyl groups is 1. The quantitative estimate of drug-likeness (QED) is 0.721. The zero-order valence-corrected chi connectivity index (χ0v) is 9.05. The largest absolute Gasteiger partial charge is 0.411 e. The number of rotatable bonds is 6. The minimum Gasteiger partial charge on any atom is -0.396 e. The van der Waals surface area contributed by atoms with Crippen LogP contribution in [0.4, 0.5) is 13.2 Å². The van der Waals surface area contributed by atoms with Crippen molar-refractivity contribution in [3.63, 3.8) is 0 Å². The summed E-state index contributed by atoms with van der Waals surface area (Å²) in [4.78, 5) is 0. The van der Waals surface area contributed by atoms with Crippen molar-refractivity contribution < 1.29 is 27.8 Å². The van der Waals surface area contributed by atoms with Crippen LogP contribution in [0.5, 0.6) is 0 Å². The smallest absolute Gasteiger partial charge is 0.396 e. The van der Waals surface area contributed by atoms with Gasteiger partial charge in [0, 0.05) is 18.6 Å². The summed E-state index contributed by atoms with van der Waals surface area (Å²) in [5, 5.41) is 9.20. The SMILES string of the molecule is OCC1(CCCOCC(F)(F)F)CCOC1. The molecule has 0 aromatic rings. The average molecular weight is 242 g/mol. The van der Waals surface area contributed by atoms with Gasteiger partial charge in [0.05, 0.1) is 13.2 Å². The van der Waals surface area contributed by atoms with Crippen LogP contribution in [0.1, 0.15) is 19.3 Å². The molecule has 3 nitrogen and oxygen atoms in total. The molecule has 96 valence electrons. The first-order valence-corrected chi connectivity index (χ1v) is 5.31. The van der Waals surface area contributed by atoms with E-state index in [0.717, 1.165) is 6.42 Å². The molecular weight excluding hydrogens is 225 g/mol. The molecule has 1 aliphatic heterocycles. The lowest BCUT2D eigenvalue weighted by atomic mass is 9.84. The Balaban J connectivity index is 2.10. The predicted molar refractivity (Wildman–Crippen MR) is 51.1 cm³/mol.